The topological polar surface area (TPSA) is 68.0 Å². The molecule has 0 aliphatic heterocycles. The molecule has 2 fully saturated rings. The van der Waals surface area contributed by atoms with Gasteiger partial charge in [0.2, 0.25) is 5.91 Å². The third-order valence-corrected chi connectivity index (χ3v) is 5.88. The van der Waals surface area contributed by atoms with Crippen LogP contribution in [0.5, 0.6) is 0 Å². The maximum absolute atomic E-state index is 12.5. The average molecular weight is 307 g/mol. The Kier molecular flexibility index (Phi) is 4.60. The molecule has 1 aromatic heterocycles. The molecular formula is C16H25N3OS. The molecule has 3 rings (SSSR count). The number of amides is 1. The van der Waals surface area contributed by atoms with Crippen LogP contribution in [-0.4, -0.2) is 16.9 Å². The first kappa shape index (κ1) is 15.0. The normalized spacial score (nSPS) is 31.9. The molecule has 5 heteroatoms. The van der Waals surface area contributed by atoms with Gasteiger partial charge in [-0.3, -0.25) is 4.79 Å². The van der Waals surface area contributed by atoms with Crippen molar-refractivity contribution in [1.29, 1.82) is 0 Å². The molecule has 4 nitrogen and oxygen atoms in total. The van der Waals surface area contributed by atoms with Gasteiger partial charge in [-0.15, -0.1) is 11.3 Å². The van der Waals surface area contributed by atoms with Crippen LogP contribution in [0, 0.1) is 17.8 Å². The minimum atomic E-state index is 0.124. The Hall–Kier alpha value is -0.940. The standard InChI is InChI=1S/C16H25N3OS/c1-2-4-13-9-21-16(18-13)19-15(20)12-7-10-5-3-6-11(8-12)14(10)17/h9-12,14H,2-8,17H2,1H3,(H,18,19,20). The first-order valence-corrected chi connectivity index (χ1v) is 9.06. The van der Waals surface area contributed by atoms with Crippen molar-refractivity contribution in [2.75, 3.05) is 5.32 Å². The van der Waals surface area contributed by atoms with E-state index >= 15 is 0 Å². The van der Waals surface area contributed by atoms with Crippen molar-refractivity contribution in [2.24, 2.45) is 23.5 Å². The molecule has 1 aromatic rings. The number of anilines is 1. The summed E-state index contributed by atoms with van der Waals surface area (Å²) in [5, 5.41) is 5.82. The van der Waals surface area contributed by atoms with Crippen molar-refractivity contribution in [2.45, 2.75) is 57.9 Å². The van der Waals surface area contributed by atoms with Gasteiger partial charge >= 0.3 is 0 Å². The second kappa shape index (κ2) is 6.44. The summed E-state index contributed by atoms with van der Waals surface area (Å²) in [4.78, 5) is 17.0. The molecule has 2 bridgehead atoms. The van der Waals surface area contributed by atoms with Crippen LogP contribution in [0.2, 0.25) is 0 Å². The van der Waals surface area contributed by atoms with Crippen molar-refractivity contribution in [3.8, 4) is 0 Å². The van der Waals surface area contributed by atoms with Crippen LogP contribution in [0.15, 0.2) is 5.38 Å². The highest BCUT2D eigenvalue weighted by Gasteiger charge is 2.40. The van der Waals surface area contributed by atoms with Crippen LogP contribution >= 0.6 is 11.3 Å². The molecule has 2 unspecified atom stereocenters. The van der Waals surface area contributed by atoms with E-state index in [0.29, 0.717) is 17.9 Å². The zero-order chi connectivity index (χ0) is 14.8. The number of carbonyl (C=O) groups is 1. The molecule has 0 spiro atoms. The monoisotopic (exact) mass is 307 g/mol. The number of thiazole rings is 1. The molecule has 3 N–H and O–H groups in total. The highest BCUT2D eigenvalue weighted by Crippen LogP contribution is 2.42. The Morgan fingerprint density at radius 2 is 2.14 bits per heavy atom. The molecule has 2 atom stereocenters. The number of nitrogens with one attached hydrogen (secondary N) is 1. The van der Waals surface area contributed by atoms with Crippen LogP contribution in [0.3, 0.4) is 0 Å². The predicted molar refractivity (Wildman–Crippen MR) is 86.3 cm³/mol. The molecule has 2 aliphatic carbocycles. The minimum Gasteiger partial charge on any atom is -0.327 e. The number of aryl methyl sites for hydroxylation is 1. The molecule has 2 aliphatic rings. The summed E-state index contributed by atoms with van der Waals surface area (Å²) in [6, 6.07) is 0.318. The van der Waals surface area contributed by atoms with E-state index in [1.807, 2.05) is 5.38 Å². The van der Waals surface area contributed by atoms with Crippen LogP contribution in [0.4, 0.5) is 5.13 Å². The molecule has 1 heterocycles. The maximum atomic E-state index is 12.5. The lowest BCUT2D eigenvalue weighted by molar-refractivity contribution is -0.122. The Balaban J connectivity index is 1.60. The van der Waals surface area contributed by atoms with Gasteiger partial charge in [0.25, 0.3) is 0 Å². The Morgan fingerprint density at radius 3 is 2.81 bits per heavy atom. The van der Waals surface area contributed by atoms with E-state index in [1.54, 1.807) is 0 Å². The third kappa shape index (κ3) is 3.29. The Bertz CT molecular complexity index is 487. The van der Waals surface area contributed by atoms with Crippen LogP contribution in [0.25, 0.3) is 0 Å². The summed E-state index contributed by atoms with van der Waals surface area (Å²) in [5.74, 6) is 1.36. The summed E-state index contributed by atoms with van der Waals surface area (Å²) in [6.07, 6.45) is 7.64. The van der Waals surface area contributed by atoms with Gasteiger partial charge in [0.1, 0.15) is 0 Å². The molecule has 0 saturated heterocycles. The second-order valence-corrected chi connectivity index (χ2v) is 7.44. The summed E-state index contributed by atoms with van der Waals surface area (Å²) in [6.45, 7) is 2.14. The summed E-state index contributed by atoms with van der Waals surface area (Å²) in [5.41, 5.74) is 7.38. The van der Waals surface area contributed by atoms with Gasteiger partial charge in [-0.25, -0.2) is 4.98 Å². The summed E-state index contributed by atoms with van der Waals surface area (Å²) >= 11 is 1.54. The fourth-order valence-corrected chi connectivity index (χ4v) is 4.69. The lowest BCUT2D eigenvalue weighted by atomic mass is 9.65. The van der Waals surface area contributed by atoms with Crippen LogP contribution in [-0.2, 0) is 11.2 Å². The van der Waals surface area contributed by atoms with E-state index in [1.165, 1.54) is 30.6 Å². The number of hydrogen-bond acceptors (Lipinski definition) is 4. The van der Waals surface area contributed by atoms with Crippen molar-refractivity contribution in [3.63, 3.8) is 0 Å². The van der Waals surface area contributed by atoms with Gasteiger partial charge in [0.05, 0.1) is 5.69 Å². The van der Waals surface area contributed by atoms with Gasteiger partial charge in [0.15, 0.2) is 5.13 Å². The highest BCUT2D eigenvalue weighted by atomic mass is 32.1. The van der Waals surface area contributed by atoms with Gasteiger partial charge in [-0.2, -0.15) is 0 Å². The van der Waals surface area contributed by atoms with Crippen molar-refractivity contribution in [1.82, 2.24) is 4.98 Å². The van der Waals surface area contributed by atoms with E-state index in [0.717, 1.165) is 36.5 Å². The Labute approximate surface area is 130 Å². The summed E-state index contributed by atoms with van der Waals surface area (Å²) < 4.78 is 0. The molecule has 0 radical (unpaired) electrons. The molecule has 0 aromatic carbocycles. The van der Waals surface area contributed by atoms with Crippen molar-refractivity contribution in [3.05, 3.63) is 11.1 Å². The summed E-state index contributed by atoms with van der Waals surface area (Å²) in [7, 11) is 0. The number of nitrogens with zero attached hydrogens (tertiary/aromatic N) is 1. The SMILES string of the molecule is CCCc1csc(NC(=O)C2CC3CCCC(C2)C3N)n1. The van der Waals surface area contributed by atoms with E-state index in [9.17, 15) is 4.79 Å². The predicted octanol–water partition coefficient (Wildman–Crippen LogP) is 3.19. The largest absolute Gasteiger partial charge is 0.327 e. The number of rotatable bonds is 4. The van der Waals surface area contributed by atoms with Gasteiger partial charge in [-0.1, -0.05) is 19.8 Å². The zero-order valence-electron chi connectivity index (χ0n) is 12.7. The molecule has 2 saturated carbocycles. The van der Waals surface area contributed by atoms with Gasteiger partial charge in [-0.05, 0) is 43.9 Å². The second-order valence-electron chi connectivity index (χ2n) is 6.58. The molecule has 1 amide bonds. The molecule has 116 valence electrons. The number of aromatic nitrogens is 1. The van der Waals surface area contributed by atoms with Crippen LogP contribution < -0.4 is 11.1 Å². The number of carbonyl (C=O) groups excluding carboxylic acids is 1. The van der Waals surface area contributed by atoms with Crippen LogP contribution in [0.1, 0.15) is 51.1 Å². The van der Waals surface area contributed by atoms with E-state index in [4.69, 9.17) is 5.73 Å². The fourth-order valence-electron chi connectivity index (χ4n) is 3.95. The van der Waals surface area contributed by atoms with Crippen molar-refractivity contribution >= 4 is 22.4 Å². The lowest BCUT2D eigenvalue weighted by Crippen LogP contribution is -2.48. The number of fused-ring (bicyclic) bond motifs is 2. The van der Waals surface area contributed by atoms with E-state index in [-0.39, 0.29) is 11.8 Å². The van der Waals surface area contributed by atoms with Crippen molar-refractivity contribution < 1.29 is 4.79 Å². The number of nitrogens with two attached hydrogens (primary N) is 1. The fraction of sp³-hybridized carbons (Fsp3) is 0.750. The van der Waals surface area contributed by atoms with E-state index in [2.05, 4.69) is 17.2 Å². The first-order valence-electron chi connectivity index (χ1n) is 8.18. The smallest absolute Gasteiger partial charge is 0.229 e. The minimum absolute atomic E-state index is 0.124. The van der Waals surface area contributed by atoms with Gasteiger partial charge < -0.3 is 11.1 Å². The lowest BCUT2D eigenvalue weighted by Gasteiger charge is -2.43. The third-order valence-electron chi connectivity index (χ3n) is 5.07. The van der Waals surface area contributed by atoms with Gasteiger partial charge in [0, 0.05) is 17.3 Å². The molecule has 21 heavy (non-hydrogen) atoms. The maximum Gasteiger partial charge on any atom is 0.229 e. The Morgan fingerprint density at radius 1 is 1.43 bits per heavy atom. The average Bonchev–Trinajstić information content (AvgIpc) is 2.86. The zero-order valence-corrected chi connectivity index (χ0v) is 13.5. The first-order chi connectivity index (χ1) is 10.2. The molecular weight excluding hydrogens is 282 g/mol. The quantitative estimate of drug-likeness (QED) is 0.897. The van der Waals surface area contributed by atoms with E-state index < -0.39 is 0 Å². The highest BCUT2D eigenvalue weighted by molar-refractivity contribution is 7.13. The number of hydrogen-bond donors (Lipinski definition) is 2.